The molecule has 1 aliphatic rings. The molecule has 1 aliphatic heterocycles. The number of nitrogens with zero attached hydrogens (tertiary/aromatic N) is 1. The van der Waals surface area contributed by atoms with E-state index in [9.17, 15) is 9.50 Å². The average Bonchev–Trinajstić information content (AvgIpc) is 2.94. The third kappa shape index (κ3) is 3.52. The Morgan fingerprint density at radius 2 is 2.22 bits per heavy atom. The molecule has 0 atom stereocenters. The second-order valence-electron chi connectivity index (χ2n) is 4.71. The van der Waals surface area contributed by atoms with Gasteiger partial charge in [0.25, 0.3) is 0 Å². The lowest BCUT2D eigenvalue weighted by Crippen LogP contribution is -2.01. The fourth-order valence-corrected chi connectivity index (χ4v) is 3.03. The van der Waals surface area contributed by atoms with E-state index in [0.717, 1.165) is 26.9 Å². The van der Waals surface area contributed by atoms with Crippen molar-refractivity contribution in [3.8, 4) is 17.6 Å². The molecule has 0 saturated carbocycles. The standard InChI is InChI=1S/C17H14FN3OS/c1-19-15-9-6-11(17(18)21-15)4-2-3-5-16-20-13-8-7-12(22)10-14(13)23-16/h3,5-10,20,22-23H,1H3,(H,19,21)/b5-3+. The Morgan fingerprint density at radius 1 is 1.35 bits per heavy atom. The summed E-state index contributed by atoms with van der Waals surface area (Å²) in [5, 5.41) is 15.5. The van der Waals surface area contributed by atoms with Crippen molar-refractivity contribution in [2.24, 2.45) is 0 Å². The van der Waals surface area contributed by atoms with Gasteiger partial charge >= 0.3 is 0 Å². The van der Waals surface area contributed by atoms with Crippen molar-refractivity contribution in [1.29, 1.82) is 0 Å². The topological polar surface area (TPSA) is 57.2 Å². The summed E-state index contributed by atoms with van der Waals surface area (Å²) in [6.45, 7) is 0. The van der Waals surface area contributed by atoms with Gasteiger partial charge < -0.3 is 15.7 Å². The number of thiol groups is 1. The molecule has 0 unspecified atom stereocenters. The van der Waals surface area contributed by atoms with Gasteiger partial charge in [-0.3, -0.25) is 0 Å². The first kappa shape index (κ1) is 15.1. The lowest BCUT2D eigenvalue weighted by Gasteiger charge is -1.99. The summed E-state index contributed by atoms with van der Waals surface area (Å²) < 4.78 is 13.7. The molecule has 0 saturated heterocycles. The smallest absolute Gasteiger partial charge is 0.230 e. The van der Waals surface area contributed by atoms with E-state index in [1.807, 2.05) is 12.1 Å². The molecule has 2 aromatic rings. The van der Waals surface area contributed by atoms with E-state index in [4.69, 9.17) is 0 Å². The van der Waals surface area contributed by atoms with E-state index in [-0.39, 0.29) is 11.3 Å². The predicted molar refractivity (Wildman–Crippen MR) is 93.7 cm³/mol. The quantitative estimate of drug-likeness (QED) is 0.171. The van der Waals surface area contributed by atoms with Crippen LogP contribution in [0.15, 0.2) is 47.4 Å². The second kappa shape index (κ2) is 6.55. The number of fused-ring (bicyclic) bond motifs is 1. The molecule has 2 heterocycles. The molecular formula is C17H14FN3OS. The summed E-state index contributed by atoms with van der Waals surface area (Å²) in [6, 6.07) is 8.45. The number of rotatable bonds is 2. The Labute approximate surface area is 137 Å². The number of benzene rings is 1. The first-order valence-corrected chi connectivity index (χ1v) is 7.76. The summed E-state index contributed by atoms with van der Waals surface area (Å²) in [5.74, 6) is 5.65. The van der Waals surface area contributed by atoms with Crippen molar-refractivity contribution in [3.63, 3.8) is 0 Å². The van der Waals surface area contributed by atoms with Gasteiger partial charge in [-0.2, -0.15) is 4.39 Å². The fraction of sp³-hybridized carbons (Fsp3) is 0.0588. The SMILES string of the molecule is CNc1ccc(C#C/C=C/C2=[SH]c3cc(O)ccc3N2)c(F)n1. The zero-order valence-electron chi connectivity index (χ0n) is 12.3. The van der Waals surface area contributed by atoms with Gasteiger partial charge in [-0.25, -0.2) is 4.98 Å². The first-order valence-electron chi connectivity index (χ1n) is 6.87. The number of phenolic OH excluding ortho intramolecular Hbond substituents is 1. The number of halogens is 1. The van der Waals surface area contributed by atoms with Crippen molar-refractivity contribution in [1.82, 2.24) is 4.98 Å². The molecule has 116 valence electrons. The molecule has 0 amide bonds. The van der Waals surface area contributed by atoms with Crippen LogP contribution in [0.1, 0.15) is 5.56 Å². The van der Waals surface area contributed by atoms with E-state index in [2.05, 4.69) is 27.5 Å². The van der Waals surface area contributed by atoms with Crippen LogP contribution in [0.4, 0.5) is 15.9 Å². The Hall–Kier alpha value is -2.78. The molecule has 0 radical (unpaired) electrons. The number of nitrogens with one attached hydrogen (secondary N) is 2. The van der Waals surface area contributed by atoms with Gasteiger partial charge in [0.15, 0.2) is 0 Å². The summed E-state index contributed by atoms with van der Waals surface area (Å²) in [6.07, 6.45) is 3.49. The van der Waals surface area contributed by atoms with Crippen LogP contribution in [0, 0.1) is 17.8 Å². The van der Waals surface area contributed by atoms with Gasteiger partial charge in [-0.1, -0.05) is 11.8 Å². The lowest BCUT2D eigenvalue weighted by atomic mass is 10.2. The van der Waals surface area contributed by atoms with Crippen molar-refractivity contribution in [2.75, 3.05) is 17.7 Å². The summed E-state index contributed by atoms with van der Waals surface area (Å²) in [7, 11) is 1.68. The fourth-order valence-electron chi connectivity index (χ4n) is 2.00. The molecule has 3 N–H and O–H groups in total. The molecule has 0 spiro atoms. The largest absolute Gasteiger partial charge is 0.508 e. The molecule has 3 rings (SSSR count). The predicted octanol–water partition coefficient (Wildman–Crippen LogP) is 2.96. The zero-order valence-corrected chi connectivity index (χ0v) is 13.2. The van der Waals surface area contributed by atoms with Crippen molar-refractivity contribution in [3.05, 3.63) is 54.0 Å². The van der Waals surface area contributed by atoms with Crippen LogP contribution in [0.25, 0.3) is 0 Å². The van der Waals surface area contributed by atoms with Crippen LogP contribution >= 0.6 is 11.4 Å². The highest BCUT2D eigenvalue weighted by molar-refractivity contribution is 7.99. The normalized spacial score (nSPS) is 12.5. The molecule has 0 fully saturated rings. The molecule has 0 aliphatic carbocycles. The average molecular weight is 327 g/mol. The van der Waals surface area contributed by atoms with Gasteiger partial charge in [0, 0.05) is 11.9 Å². The van der Waals surface area contributed by atoms with Crippen LogP contribution in [0.5, 0.6) is 5.75 Å². The molecule has 23 heavy (non-hydrogen) atoms. The van der Waals surface area contributed by atoms with Gasteiger partial charge in [-0.05, 0) is 42.5 Å². The maximum absolute atomic E-state index is 13.7. The Bertz CT molecular complexity index is 881. The van der Waals surface area contributed by atoms with Gasteiger partial charge in [0.2, 0.25) is 5.95 Å². The van der Waals surface area contributed by atoms with Crippen LogP contribution in [-0.2, 0) is 0 Å². The van der Waals surface area contributed by atoms with E-state index in [0.29, 0.717) is 5.82 Å². The number of hydrogen-bond acceptors (Lipinski definition) is 4. The molecule has 4 nitrogen and oxygen atoms in total. The molecule has 1 aromatic carbocycles. The van der Waals surface area contributed by atoms with Gasteiger partial charge in [0.1, 0.15) is 11.6 Å². The number of hydrogen-bond donors (Lipinski definition) is 4. The maximum atomic E-state index is 13.7. The van der Waals surface area contributed by atoms with Gasteiger partial charge in [-0.15, -0.1) is 11.4 Å². The number of pyridine rings is 1. The third-order valence-electron chi connectivity index (χ3n) is 3.12. The highest BCUT2D eigenvalue weighted by Gasteiger charge is 2.09. The zero-order chi connectivity index (χ0) is 16.2. The van der Waals surface area contributed by atoms with Crippen LogP contribution in [0.3, 0.4) is 0 Å². The van der Waals surface area contributed by atoms with Crippen molar-refractivity contribution >= 4 is 27.8 Å². The number of aromatic hydroxyl groups is 1. The Morgan fingerprint density at radius 3 is 3.00 bits per heavy atom. The Balaban J connectivity index is 1.71. The van der Waals surface area contributed by atoms with Crippen molar-refractivity contribution < 1.29 is 9.50 Å². The monoisotopic (exact) mass is 327 g/mol. The highest BCUT2D eigenvalue weighted by atomic mass is 32.1. The maximum Gasteiger partial charge on any atom is 0.230 e. The third-order valence-corrected chi connectivity index (χ3v) is 4.23. The van der Waals surface area contributed by atoms with Gasteiger partial charge in [0.05, 0.1) is 16.2 Å². The summed E-state index contributed by atoms with van der Waals surface area (Å²) in [5.41, 5.74) is 1.22. The number of phenols is 1. The van der Waals surface area contributed by atoms with Crippen LogP contribution < -0.4 is 10.6 Å². The molecule has 0 bridgehead atoms. The minimum Gasteiger partial charge on any atom is -0.508 e. The number of allylic oxidation sites excluding steroid dienone is 1. The summed E-state index contributed by atoms with van der Waals surface area (Å²) >= 11 is 0.969. The minimum atomic E-state index is -0.592. The van der Waals surface area contributed by atoms with E-state index in [1.165, 1.54) is 0 Å². The number of anilines is 2. The lowest BCUT2D eigenvalue weighted by molar-refractivity contribution is 0.474. The molecule has 1 aromatic heterocycles. The van der Waals surface area contributed by atoms with Crippen LogP contribution in [0.2, 0.25) is 0 Å². The van der Waals surface area contributed by atoms with Crippen molar-refractivity contribution in [2.45, 2.75) is 4.90 Å². The van der Waals surface area contributed by atoms with E-state index in [1.54, 1.807) is 37.4 Å². The molecular weight excluding hydrogens is 313 g/mol. The summed E-state index contributed by atoms with van der Waals surface area (Å²) in [4.78, 5) is 5.69. The number of aromatic nitrogens is 1. The Kier molecular flexibility index (Phi) is 4.31. The first-order chi connectivity index (χ1) is 11.2. The molecule has 6 heteroatoms. The minimum absolute atomic E-state index is 0.246. The highest BCUT2D eigenvalue weighted by Crippen LogP contribution is 2.32. The van der Waals surface area contributed by atoms with E-state index < -0.39 is 5.95 Å². The van der Waals surface area contributed by atoms with E-state index >= 15 is 0 Å². The van der Waals surface area contributed by atoms with Crippen LogP contribution in [-0.4, -0.2) is 22.1 Å². The second-order valence-corrected chi connectivity index (χ2v) is 5.90.